The van der Waals surface area contributed by atoms with E-state index in [1.54, 1.807) is 23.9 Å². The van der Waals surface area contributed by atoms with E-state index in [1.807, 2.05) is 23.7 Å². The Labute approximate surface area is 122 Å². The summed E-state index contributed by atoms with van der Waals surface area (Å²) in [4.78, 5) is 0. The minimum absolute atomic E-state index is 0.221. The van der Waals surface area contributed by atoms with Crippen LogP contribution >= 0.6 is 11.8 Å². The summed E-state index contributed by atoms with van der Waals surface area (Å²) >= 11 is 1.65. The molecule has 1 aliphatic heterocycles. The highest BCUT2D eigenvalue weighted by Gasteiger charge is 2.18. The minimum Gasteiger partial charge on any atom is -0.507 e. The van der Waals surface area contributed by atoms with E-state index in [0.717, 1.165) is 30.4 Å². The van der Waals surface area contributed by atoms with Crippen molar-refractivity contribution < 1.29 is 9.84 Å². The third-order valence-electron chi connectivity index (χ3n) is 3.40. The average Bonchev–Trinajstić information content (AvgIpc) is 3.07. The van der Waals surface area contributed by atoms with E-state index < -0.39 is 0 Å². The van der Waals surface area contributed by atoms with Crippen LogP contribution in [0.4, 0.5) is 0 Å². The standard InChI is InChI=1S/C14H17N3O2S/c1-17-13(11-6-2-3-7-12(11)18)15-16-14(17)20-9-10-5-4-8-19-10/h2-3,6-7,10,18H,4-5,8-9H2,1H3. The van der Waals surface area contributed by atoms with E-state index in [1.165, 1.54) is 0 Å². The lowest BCUT2D eigenvalue weighted by molar-refractivity contribution is 0.129. The molecule has 5 nitrogen and oxygen atoms in total. The zero-order valence-corrected chi connectivity index (χ0v) is 12.1. The number of hydrogen-bond donors (Lipinski definition) is 1. The van der Waals surface area contributed by atoms with Crippen molar-refractivity contribution in [1.29, 1.82) is 0 Å². The number of aromatic hydroxyl groups is 1. The van der Waals surface area contributed by atoms with E-state index in [2.05, 4.69) is 10.2 Å². The normalized spacial score (nSPS) is 18.6. The average molecular weight is 291 g/mol. The van der Waals surface area contributed by atoms with Crippen LogP contribution in [-0.2, 0) is 11.8 Å². The Morgan fingerprint density at radius 3 is 3.00 bits per heavy atom. The largest absolute Gasteiger partial charge is 0.507 e. The molecular weight excluding hydrogens is 274 g/mol. The molecular formula is C14H17N3O2S. The predicted molar refractivity (Wildman–Crippen MR) is 77.8 cm³/mol. The summed E-state index contributed by atoms with van der Waals surface area (Å²) in [6, 6.07) is 7.17. The molecule has 0 aliphatic carbocycles. The molecule has 0 bridgehead atoms. The highest BCUT2D eigenvalue weighted by molar-refractivity contribution is 7.99. The Balaban J connectivity index is 1.76. The fraction of sp³-hybridized carbons (Fsp3) is 0.429. The molecule has 1 aromatic carbocycles. The van der Waals surface area contributed by atoms with Gasteiger partial charge in [0.25, 0.3) is 0 Å². The molecule has 2 aromatic rings. The Morgan fingerprint density at radius 2 is 2.25 bits per heavy atom. The van der Waals surface area contributed by atoms with Gasteiger partial charge in [-0.2, -0.15) is 0 Å². The molecule has 1 unspecified atom stereocenters. The first-order valence-electron chi connectivity index (χ1n) is 6.68. The quantitative estimate of drug-likeness (QED) is 0.877. The molecule has 0 amide bonds. The van der Waals surface area contributed by atoms with Crippen molar-refractivity contribution >= 4 is 11.8 Å². The van der Waals surface area contributed by atoms with E-state index in [9.17, 15) is 5.11 Å². The summed E-state index contributed by atoms with van der Waals surface area (Å²) in [7, 11) is 1.92. The van der Waals surface area contributed by atoms with Crippen LogP contribution in [0.15, 0.2) is 29.4 Å². The van der Waals surface area contributed by atoms with Gasteiger partial charge in [0, 0.05) is 19.4 Å². The molecule has 1 aliphatic rings. The Hall–Kier alpha value is -1.53. The third kappa shape index (κ3) is 2.66. The van der Waals surface area contributed by atoms with Crippen molar-refractivity contribution in [2.45, 2.75) is 24.1 Å². The van der Waals surface area contributed by atoms with E-state index in [4.69, 9.17) is 4.74 Å². The first-order valence-corrected chi connectivity index (χ1v) is 7.66. The second kappa shape index (κ2) is 5.85. The highest BCUT2D eigenvalue weighted by atomic mass is 32.2. The SMILES string of the molecule is Cn1c(SCC2CCCO2)nnc1-c1ccccc1O. The summed E-state index contributed by atoms with van der Waals surface area (Å²) in [6.45, 7) is 0.868. The predicted octanol–water partition coefficient (Wildman–Crippen LogP) is 2.46. The van der Waals surface area contributed by atoms with Gasteiger partial charge in [-0.05, 0) is 25.0 Å². The van der Waals surface area contributed by atoms with Gasteiger partial charge in [0.1, 0.15) is 5.75 Å². The third-order valence-corrected chi connectivity index (χ3v) is 4.55. The van der Waals surface area contributed by atoms with Crippen LogP contribution in [0.1, 0.15) is 12.8 Å². The lowest BCUT2D eigenvalue weighted by Crippen LogP contribution is -2.08. The maximum absolute atomic E-state index is 9.89. The highest BCUT2D eigenvalue weighted by Crippen LogP contribution is 2.30. The van der Waals surface area contributed by atoms with Crippen molar-refractivity contribution in [3.8, 4) is 17.1 Å². The molecule has 20 heavy (non-hydrogen) atoms. The Bertz CT molecular complexity index is 594. The van der Waals surface area contributed by atoms with Crippen LogP contribution < -0.4 is 0 Å². The lowest BCUT2D eigenvalue weighted by atomic mass is 10.2. The number of aromatic nitrogens is 3. The van der Waals surface area contributed by atoms with Crippen molar-refractivity contribution in [1.82, 2.24) is 14.8 Å². The van der Waals surface area contributed by atoms with Gasteiger partial charge >= 0.3 is 0 Å². The van der Waals surface area contributed by atoms with Crippen molar-refractivity contribution in [3.05, 3.63) is 24.3 Å². The van der Waals surface area contributed by atoms with Gasteiger partial charge in [-0.25, -0.2) is 0 Å². The number of phenolic OH excluding ortho intramolecular Hbond substituents is 1. The molecule has 1 aromatic heterocycles. The number of para-hydroxylation sites is 1. The van der Waals surface area contributed by atoms with Crippen LogP contribution in [0, 0.1) is 0 Å². The van der Waals surface area contributed by atoms with Gasteiger partial charge in [0.2, 0.25) is 0 Å². The van der Waals surface area contributed by atoms with Gasteiger partial charge in [-0.1, -0.05) is 23.9 Å². The zero-order valence-electron chi connectivity index (χ0n) is 11.3. The van der Waals surface area contributed by atoms with Crippen molar-refractivity contribution in [2.24, 2.45) is 7.05 Å². The topological polar surface area (TPSA) is 60.2 Å². The molecule has 2 heterocycles. The Kier molecular flexibility index (Phi) is 3.93. The van der Waals surface area contributed by atoms with Crippen LogP contribution in [0.2, 0.25) is 0 Å². The first kappa shape index (κ1) is 13.5. The molecule has 0 saturated carbocycles. The monoisotopic (exact) mass is 291 g/mol. The second-order valence-corrected chi connectivity index (χ2v) is 5.82. The first-order chi connectivity index (χ1) is 9.75. The number of nitrogens with zero attached hydrogens (tertiary/aromatic N) is 3. The van der Waals surface area contributed by atoms with Gasteiger partial charge in [0.15, 0.2) is 11.0 Å². The number of benzene rings is 1. The minimum atomic E-state index is 0.221. The fourth-order valence-corrected chi connectivity index (χ4v) is 3.26. The van der Waals surface area contributed by atoms with E-state index >= 15 is 0 Å². The smallest absolute Gasteiger partial charge is 0.191 e. The number of rotatable bonds is 4. The van der Waals surface area contributed by atoms with E-state index in [0.29, 0.717) is 17.5 Å². The van der Waals surface area contributed by atoms with Crippen molar-refractivity contribution in [2.75, 3.05) is 12.4 Å². The van der Waals surface area contributed by atoms with Gasteiger partial charge < -0.3 is 14.4 Å². The molecule has 0 radical (unpaired) electrons. The molecule has 6 heteroatoms. The summed E-state index contributed by atoms with van der Waals surface area (Å²) in [6.07, 6.45) is 2.59. The summed E-state index contributed by atoms with van der Waals surface area (Å²) in [5, 5.41) is 19.1. The Morgan fingerprint density at radius 1 is 1.40 bits per heavy atom. The number of phenols is 1. The molecule has 0 spiro atoms. The zero-order chi connectivity index (χ0) is 13.9. The summed E-state index contributed by atoms with van der Waals surface area (Å²) in [5.74, 6) is 1.80. The molecule has 1 saturated heterocycles. The molecule has 1 fully saturated rings. The summed E-state index contributed by atoms with van der Waals surface area (Å²) < 4.78 is 7.52. The van der Waals surface area contributed by atoms with Gasteiger partial charge in [-0.3, -0.25) is 0 Å². The maximum atomic E-state index is 9.89. The van der Waals surface area contributed by atoms with Crippen LogP contribution in [0.25, 0.3) is 11.4 Å². The summed E-state index contributed by atoms with van der Waals surface area (Å²) in [5.41, 5.74) is 0.700. The van der Waals surface area contributed by atoms with Gasteiger partial charge in [0.05, 0.1) is 11.7 Å². The lowest BCUT2D eigenvalue weighted by Gasteiger charge is -2.08. The van der Waals surface area contributed by atoms with Crippen molar-refractivity contribution in [3.63, 3.8) is 0 Å². The fourth-order valence-electron chi connectivity index (χ4n) is 2.28. The van der Waals surface area contributed by atoms with Gasteiger partial charge in [-0.15, -0.1) is 10.2 Å². The van der Waals surface area contributed by atoms with Crippen LogP contribution in [0.5, 0.6) is 5.75 Å². The second-order valence-electron chi connectivity index (χ2n) is 4.83. The molecule has 1 N–H and O–H groups in total. The maximum Gasteiger partial charge on any atom is 0.191 e. The molecule has 1 atom stereocenters. The molecule has 3 rings (SSSR count). The number of hydrogen-bond acceptors (Lipinski definition) is 5. The van der Waals surface area contributed by atoms with Crippen LogP contribution in [-0.4, -0.2) is 38.3 Å². The van der Waals surface area contributed by atoms with Crippen LogP contribution in [0.3, 0.4) is 0 Å². The van der Waals surface area contributed by atoms with E-state index in [-0.39, 0.29) is 5.75 Å². The number of thioether (sulfide) groups is 1. The number of ether oxygens (including phenoxy) is 1. The molecule has 106 valence electrons.